The predicted molar refractivity (Wildman–Crippen MR) is 84.7 cm³/mol. The van der Waals surface area contributed by atoms with Gasteiger partial charge in [0.25, 0.3) is 5.91 Å². The maximum Gasteiger partial charge on any atom is 0.269 e. The second-order valence-electron chi connectivity index (χ2n) is 4.02. The van der Waals surface area contributed by atoms with Crippen LogP contribution in [-0.2, 0) is 0 Å². The molecular weight excluding hydrogens is 313 g/mol. The van der Waals surface area contributed by atoms with Crippen LogP contribution in [0.4, 0.5) is 10.1 Å². The molecular formula is C14H11ClFN3OS. The number of anilines is 1. The summed E-state index contributed by atoms with van der Waals surface area (Å²) in [4.78, 5) is 11.8. The molecule has 108 valence electrons. The number of carbonyl (C=O) groups is 1. The number of hydrazine groups is 1. The van der Waals surface area contributed by atoms with E-state index in [0.717, 1.165) is 0 Å². The zero-order chi connectivity index (χ0) is 15.2. The molecule has 2 aromatic rings. The molecule has 0 aliphatic heterocycles. The number of para-hydroxylation sites is 1. The zero-order valence-corrected chi connectivity index (χ0v) is 12.3. The van der Waals surface area contributed by atoms with E-state index < -0.39 is 5.82 Å². The van der Waals surface area contributed by atoms with Gasteiger partial charge in [0, 0.05) is 10.6 Å². The topological polar surface area (TPSA) is 53.2 Å². The molecule has 2 aromatic carbocycles. The molecule has 3 N–H and O–H groups in total. The molecule has 4 nitrogen and oxygen atoms in total. The Hall–Kier alpha value is -2.18. The minimum atomic E-state index is -0.439. The lowest BCUT2D eigenvalue weighted by atomic mass is 10.2. The summed E-state index contributed by atoms with van der Waals surface area (Å²) in [6.07, 6.45) is 0. The zero-order valence-electron chi connectivity index (χ0n) is 10.7. The second kappa shape index (κ2) is 7.01. The lowest BCUT2D eigenvalue weighted by Crippen LogP contribution is -2.43. The van der Waals surface area contributed by atoms with Gasteiger partial charge >= 0.3 is 0 Å². The number of carbonyl (C=O) groups excluding carboxylic acids is 1. The van der Waals surface area contributed by atoms with Crippen molar-refractivity contribution >= 4 is 40.5 Å². The molecule has 0 fully saturated rings. The van der Waals surface area contributed by atoms with Crippen LogP contribution in [0.5, 0.6) is 0 Å². The maximum absolute atomic E-state index is 13.4. The van der Waals surface area contributed by atoms with E-state index in [1.807, 2.05) is 0 Å². The van der Waals surface area contributed by atoms with Gasteiger partial charge in [-0.05, 0) is 48.6 Å². The third kappa shape index (κ3) is 4.40. The van der Waals surface area contributed by atoms with E-state index in [9.17, 15) is 9.18 Å². The molecule has 0 spiro atoms. The van der Waals surface area contributed by atoms with Gasteiger partial charge in [-0.3, -0.25) is 15.6 Å². The van der Waals surface area contributed by atoms with Gasteiger partial charge < -0.3 is 5.32 Å². The first-order valence-corrected chi connectivity index (χ1v) is 6.72. The molecule has 0 aliphatic carbocycles. The molecule has 0 aliphatic rings. The first-order chi connectivity index (χ1) is 10.1. The Labute approximate surface area is 131 Å². The molecule has 0 atom stereocenters. The van der Waals surface area contributed by atoms with E-state index in [1.165, 1.54) is 12.1 Å². The van der Waals surface area contributed by atoms with Crippen LogP contribution in [0.15, 0.2) is 48.5 Å². The van der Waals surface area contributed by atoms with Crippen molar-refractivity contribution in [1.29, 1.82) is 0 Å². The normalized spacial score (nSPS) is 9.81. The first kappa shape index (κ1) is 15.2. The molecule has 7 heteroatoms. The standard InChI is InChI=1S/C14H11ClFN3OS/c15-10-7-5-9(6-8-10)13(20)18-19-14(21)17-12-4-2-1-3-11(12)16/h1-8H,(H,18,20)(H2,17,19,21). The SMILES string of the molecule is O=C(NNC(=S)Nc1ccccc1F)c1ccc(Cl)cc1. The van der Waals surface area contributed by atoms with Gasteiger partial charge in [0.1, 0.15) is 5.82 Å². The van der Waals surface area contributed by atoms with Gasteiger partial charge in [-0.1, -0.05) is 23.7 Å². The molecule has 0 saturated heterocycles. The maximum atomic E-state index is 13.4. The van der Waals surface area contributed by atoms with E-state index >= 15 is 0 Å². The van der Waals surface area contributed by atoms with Crippen molar-refractivity contribution in [3.8, 4) is 0 Å². The number of halogens is 2. The summed E-state index contributed by atoms with van der Waals surface area (Å²) in [7, 11) is 0. The van der Waals surface area contributed by atoms with Gasteiger partial charge in [0.15, 0.2) is 5.11 Å². The van der Waals surface area contributed by atoms with Gasteiger partial charge in [0.05, 0.1) is 5.69 Å². The lowest BCUT2D eigenvalue weighted by Gasteiger charge is -2.12. The Morgan fingerprint density at radius 3 is 2.38 bits per heavy atom. The Balaban J connectivity index is 1.88. The van der Waals surface area contributed by atoms with E-state index in [2.05, 4.69) is 16.2 Å². The molecule has 2 rings (SSSR count). The first-order valence-electron chi connectivity index (χ1n) is 5.93. The average Bonchev–Trinajstić information content (AvgIpc) is 2.48. The Morgan fingerprint density at radius 1 is 1.05 bits per heavy atom. The van der Waals surface area contributed by atoms with E-state index in [4.69, 9.17) is 23.8 Å². The number of benzene rings is 2. The van der Waals surface area contributed by atoms with Crippen LogP contribution in [0, 0.1) is 5.82 Å². The van der Waals surface area contributed by atoms with Crippen LogP contribution in [0.1, 0.15) is 10.4 Å². The quantitative estimate of drug-likeness (QED) is 0.587. The third-order valence-corrected chi connectivity index (χ3v) is 2.97. The predicted octanol–water partition coefficient (Wildman–Crippen LogP) is 3.11. The summed E-state index contributed by atoms with van der Waals surface area (Å²) < 4.78 is 13.4. The minimum absolute atomic E-state index is 0.0717. The molecule has 0 heterocycles. The van der Waals surface area contributed by atoms with Crippen molar-refractivity contribution in [3.05, 3.63) is 64.9 Å². The molecule has 0 aromatic heterocycles. The molecule has 1 amide bonds. The van der Waals surface area contributed by atoms with Crippen molar-refractivity contribution in [3.63, 3.8) is 0 Å². The molecule has 0 bridgehead atoms. The average molecular weight is 324 g/mol. The fourth-order valence-corrected chi connectivity index (χ4v) is 1.79. The molecule has 0 unspecified atom stereocenters. The number of nitrogens with one attached hydrogen (secondary N) is 3. The summed E-state index contributed by atoms with van der Waals surface area (Å²) in [6, 6.07) is 12.4. The van der Waals surface area contributed by atoms with Crippen LogP contribution >= 0.6 is 23.8 Å². The smallest absolute Gasteiger partial charge is 0.269 e. The highest BCUT2D eigenvalue weighted by Crippen LogP contribution is 2.12. The van der Waals surface area contributed by atoms with Crippen LogP contribution in [0.3, 0.4) is 0 Å². The van der Waals surface area contributed by atoms with E-state index in [-0.39, 0.29) is 16.7 Å². The number of amides is 1. The number of hydrogen-bond donors (Lipinski definition) is 3. The number of thiocarbonyl (C=S) groups is 1. The van der Waals surface area contributed by atoms with Crippen LogP contribution in [0.25, 0.3) is 0 Å². The van der Waals surface area contributed by atoms with E-state index in [1.54, 1.807) is 36.4 Å². The fraction of sp³-hybridized carbons (Fsp3) is 0. The van der Waals surface area contributed by atoms with E-state index in [0.29, 0.717) is 10.6 Å². The largest absolute Gasteiger partial charge is 0.329 e. The van der Waals surface area contributed by atoms with Crippen molar-refractivity contribution in [1.82, 2.24) is 10.9 Å². The molecule has 0 radical (unpaired) electrons. The van der Waals surface area contributed by atoms with Gasteiger partial charge in [-0.25, -0.2) is 4.39 Å². The Bertz CT molecular complexity index is 664. The van der Waals surface area contributed by atoms with Gasteiger partial charge in [-0.15, -0.1) is 0 Å². The summed E-state index contributed by atoms with van der Waals surface area (Å²) in [5.74, 6) is -0.824. The minimum Gasteiger partial charge on any atom is -0.329 e. The highest BCUT2D eigenvalue weighted by molar-refractivity contribution is 7.80. The molecule has 0 saturated carbocycles. The van der Waals surface area contributed by atoms with Gasteiger partial charge in [-0.2, -0.15) is 0 Å². The lowest BCUT2D eigenvalue weighted by molar-refractivity contribution is 0.0944. The van der Waals surface area contributed by atoms with Crippen molar-refractivity contribution < 1.29 is 9.18 Å². The van der Waals surface area contributed by atoms with Crippen molar-refractivity contribution in [2.75, 3.05) is 5.32 Å². The molecule has 21 heavy (non-hydrogen) atoms. The summed E-state index contributed by atoms with van der Waals surface area (Å²) in [5, 5.41) is 3.25. The van der Waals surface area contributed by atoms with Crippen LogP contribution < -0.4 is 16.2 Å². The second-order valence-corrected chi connectivity index (χ2v) is 4.86. The fourth-order valence-electron chi connectivity index (χ4n) is 1.50. The summed E-state index contributed by atoms with van der Waals surface area (Å²) in [5.41, 5.74) is 5.53. The monoisotopic (exact) mass is 323 g/mol. The Morgan fingerprint density at radius 2 is 1.71 bits per heavy atom. The van der Waals surface area contributed by atoms with Crippen LogP contribution in [0.2, 0.25) is 5.02 Å². The number of rotatable bonds is 2. The van der Waals surface area contributed by atoms with Crippen molar-refractivity contribution in [2.24, 2.45) is 0 Å². The number of hydrogen-bond acceptors (Lipinski definition) is 2. The Kier molecular flexibility index (Phi) is 5.08. The van der Waals surface area contributed by atoms with Crippen molar-refractivity contribution in [2.45, 2.75) is 0 Å². The summed E-state index contributed by atoms with van der Waals surface area (Å²) >= 11 is 10.7. The highest BCUT2D eigenvalue weighted by atomic mass is 35.5. The highest BCUT2D eigenvalue weighted by Gasteiger charge is 2.06. The van der Waals surface area contributed by atoms with Gasteiger partial charge in [0.2, 0.25) is 0 Å². The third-order valence-electron chi connectivity index (χ3n) is 2.52. The van der Waals surface area contributed by atoms with Crippen LogP contribution in [-0.4, -0.2) is 11.0 Å². The summed E-state index contributed by atoms with van der Waals surface area (Å²) in [6.45, 7) is 0.